The molecular formula is C14H28O. The number of ketones is 1. The Hall–Kier alpha value is -0.330. The molecule has 0 bridgehead atoms. The van der Waals surface area contributed by atoms with Crippen molar-refractivity contribution in [2.24, 2.45) is 17.3 Å². The molecule has 0 aliphatic heterocycles. The van der Waals surface area contributed by atoms with Crippen LogP contribution in [0.5, 0.6) is 0 Å². The molecule has 0 aliphatic rings. The SMILES string of the molecule is CCC(=O)C(C)CCC(C)CC(C)(C)C. The lowest BCUT2D eigenvalue weighted by molar-refractivity contribution is -0.122. The molecule has 15 heavy (non-hydrogen) atoms. The lowest BCUT2D eigenvalue weighted by Gasteiger charge is -2.23. The molecule has 1 nitrogen and oxygen atoms in total. The quantitative estimate of drug-likeness (QED) is 0.635. The lowest BCUT2D eigenvalue weighted by Crippen LogP contribution is -2.14. The van der Waals surface area contributed by atoms with Crippen molar-refractivity contribution in [1.29, 1.82) is 0 Å². The van der Waals surface area contributed by atoms with Crippen molar-refractivity contribution >= 4 is 5.78 Å². The highest BCUT2D eigenvalue weighted by atomic mass is 16.1. The summed E-state index contributed by atoms with van der Waals surface area (Å²) >= 11 is 0. The van der Waals surface area contributed by atoms with Gasteiger partial charge in [0.1, 0.15) is 5.78 Å². The molecule has 90 valence electrons. The summed E-state index contributed by atoms with van der Waals surface area (Å²) in [7, 11) is 0. The third kappa shape index (κ3) is 7.58. The van der Waals surface area contributed by atoms with Crippen LogP contribution >= 0.6 is 0 Å². The summed E-state index contributed by atoms with van der Waals surface area (Å²) in [5.74, 6) is 1.41. The highest BCUT2D eigenvalue weighted by Gasteiger charge is 2.17. The molecule has 0 amide bonds. The minimum Gasteiger partial charge on any atom is -0.299 e. The lowest BCUT2D eigenvalue weighted by atomic mass is 9.82. The molecular weight excluding hydrogens is 184 g/mol. The summed E-state index contributed by atoms with van der Waals surface area (Å²) in [4.78, 5) is 11.4. The van der Waals surface area contributed by atoms with E-state index in [4.69, 9.17) is 0 Å². The molecule has 0 aromatic carbocycles. The van der Waals surface area contributed by atoms with Gasteiger partial charge in [-0.15, -0.1) is 0 Å². The maximum Gasteiger partial charge on any atom is 0.135 e. The van der Waals surface area contributed by atoms with Crippen LogP contribution in [0.25, 0.3) is 0 Å². The first-order valence-corrected chi connectivity index (χ1v) is 6.29. The highest BCUT2D eigenvalue weighted by Crippen LogP contribution is 2.27. The van der Waals surface area contributed by atoms with Crippen molar-refractivity contribution in [3.8, 4) is 0 Å². The summed E-state index contributed by atoms with van der Waals surface area (Å²) in [6, 6.07) is 0. The molecule has 2 unspecified atom stereocenters. The molecule has 0 saturated carbocycles. The smallest absolute Gasteiger partial charge is 0.135 e. The zero-order chi connectivity index (χ0) is 12.1. The van der Waals surface area contributed by atoms with Gasteiger partial charge in [0.05, 0.1) is 0 Å². The number of hydrogen-bond acceptors (Lipinski definition) is 1. The van der Waals surface area contributed by atoms with E-state index in [0.717, 1.165) is 12.3 Å². The minimum atomic E-state index is 0.261. The first-order chi connectivity index (χ1) is 6.76. The van der Waals surface area contributed by atoms with Crippen LogP contribution < -0.4 is 0 Å². The Morgan fingerprint density at radius 2 is 1.67 bits per heavy atom. The molecule has 1 heteroatoms. The first-order valence-electron chi connectivity index (χ1n) is 6.29. The zero-order valence-corrected chi connectivity index (χ0v) is 11.4. The van der Waals surface area contributed by atoms with Gasteiger partial charge in [-0.1, -0.05) is 48.0 Å². The summed E-state index contributed by atoms with van der Waals surface area (Å²) < 4.78 is 0. The largest absolute Gasteiger partial charge is 0.299 e. The van der Waals surface area contributed by atoms with E-state index in [9.17, 15) is 4.79 Å². The summed E-state index contributed by atoms with van der Waals surface area (Å²) in [5.41, 5.74) is 0.414. The maximum absolute atomic E-state index is 11.4. The van der Waals surface area contributed by atoms with Crippen molar-refractivity contribution in [1.82, 2.24) is 0 Å². The van der Waals surface area contributed by atoms with Gasteiger partial charge in [0.25, 0.3) is 0 Å². The van der Waals surface area contributed by atoms with Crippen LogP contribution in [0.15, 0.2) is 0 Å². The van der Waals surface area contributed by atoms with Gasteiger partial charge in [0.15, 0.2) is 0 Å². The number of rotatable bonds is 6. The third-order valence-electron chi connectivity index (χ3n) is 2.95. The molecule has 0 aliphatic carbocycles. The second-order valence-corrected chi connectivity index (χ2v) is 6.17. The van der Waals surface area contributed by atoms with Gasteiger partial charge in [-0.05, 0) is 24.2 Å². The molecule has 0 spiro atoms. The van der Waals surface area contributed by atoms with Crippen molar-refractivity contribution in [3.63, 3.8) is 0 Å². The van der Waals surface area contributed by atoms with Gasteiger partial charge in [-0.3, -0.25) is 4.79 Å². The topological polar surface area (TPSA) is 17.1 Å². The fourth-order valence-corrected chi connectivity index (χ4v) is 2.19. The fraction of sp³-hybridized carbons (Fsp3) is 0.929. The Kier molecular flexibility index (Phi) is 6.16. The van der Waals surface area contributed by atoms with Crippen LogP contribution in [-0.4, -0.2) is 5.78 Å². The molecule has 2 atom stereocenters. The summed E-state index contributed by atoms with van der Waals surface area (Å²) in [5, 5.41) is 0. The van der Waals surface area contributed by atoms with Gasteiger partial charge in [0.2, 0.25) is 0 Å². The predicted molar refractivity (Wildman–Crippen MR) is 66.9 cm³/mol. The van der Waals surface area contributed by atoms with Crippen LogP contribution in [0.4, 0.5) is 0 Å². The van der Waals surface area contributed by atoms with E-state index in [1.54, 1.807) is 0 Å². The Morgan fingerprint density at radius 1 is 1.13 bits per heavy atom. The molecule has 0 aromatic heterocycles. The van der Waals surface area contributed by atoms with Crippen molar-refractivity contribution in [3.05, 3.63) is 0 Å². The van der Waals surface area contributed by atoms with E-state index in [0.29, 0.717) is 17.6 Å². The Bertz CT molecular complexity index is 188. The Balaban J connectivity index is 3.81. The van der Waals surface area contributed by atoms with E-state index in [2.05, 4.69) is 34.6 Å². The number of carbonyl (C=O) groups excluding carboxylic acids is 1. The van der Waals surface area contributed by atoms with E-state index >= 15 is 0 Å². The van der Waals surface area contributed by atoms with E-state index < -0.39 is 0 Å². The van der Waals surface area contributed by atoms with Crippen LogP contribution in [-0.2, 0) is 4.79 Å². The van der Waals surface area contributed by atoms with Crippen LogP contribution in [0, 0.1) is 17.3 Å². The maximum atomic E-state index is 11.4. The molecule has 0 rings (SSSR count). The monoisotopic (exact) mass is 212 g/mol. The minimum absolute atomic E-state index is 0.261. The molecule has 0 heterocycles. The average molecular weight is 212 g/mol. The fourth-order valence-electron chi connectivity index (χ4n) is 2.19. The summed E-state index contributed by atoms with van der Waals surface area (Å²) in [6.45, 7) is 13.2. The summed E-state index contributed by atoms with van der Waals surface area (Å²) in [6.07, 6.45) is 4.18. The number of carbonyl (C=O) groups is 1. The number of hydrogen-bond donors (Lipinski definition) is 0. The van der Waals surface area contributed by atoms with Crippen LogP contribution in [0.1, 0.15) is 67.2 Å². The first kappa shape index (κ1) is 14.7. The predicted octanol–water partition coefficient (Wildman–Crippen LogP) is 4.45. The van der Waals surface area contributed by atoms with Crippen molar-refractivity contribution in [2.75, 3.05) is 0 Å². The standard InChI is InChI=1S/C14H28O/c1-7-13(15)12(3)9-8-11(2)10-14(4,5)6/h11-12H,7-10H2,1-6H3. The van der Waals surface area contributed by atoms with E-state index in [-0.39, 0.29) is 5.92 Å². The number of Topliss-reactive ketones (excluding diaryl/α,β-unsaturated/α-hetero) is 1. The van der Waals surface area contributed by atoms with Gasteiger partial charge in [-0.25, -0.2) is 0 Å². The Morgan fingerprint density at radius 3 is 2.07 bits per heavy atom. The average Bonchev–Trinajstić information content (AvgIpc) is 2.10. The molecule has 0 radical (unpaired) electrons. The molecule has 0 aromatic rings. The van der Waals surface area contributed by atoms with E-state index in [1.165, 1.54) is 12.8 Å². The normalized spacial score (nSPS) is 16.1. The molecule has 0 N–H and O–H groups in total. The second-order valence-electron chi connectivity index (χ2n) is 6.17. The van der Waals surface area contributed by atoms with Gasteiger partial charge in [-0.2, -0.15) is 0 Å². The zero-order valence-electron chi connectivity index (χ0n) is 11.4. The Labute approximate surface area is 95.6 Å². The molecule has 0 fully saturated rings. The van der Waals surface area contributed by atoms with Gasteiger partial charge in [0, 0.05) is 12.3 Å². The van der Waals surface area contributed by atoms with Crippen LogP contribution in [0.3, 0.4) is 0 Å². The highest BCUT2D eigenvalue weighted by molar-refractivity contribution is 5.80. The van der Waals surface area contributed by atoms with Gasteiger partial charge < -0.3 is 0 Å². The second kappa shape index (κ2) is 6.30. The van der Waals surface area contributed by atoms with Crippen LogP contribution in [0.2, 0.25) is 0 Å². The van der Waals surface area contributed by atoms with Gasteiger partial charge >= 0.3 is 0 Å². The third-order valence-corrected chi connectivity index (χ3v) is 2.95. The molecule has 0 saturated heterocycles. The van der Waals surface area contributed by atoms with Crippen molar-refractivity contribution in [2.45, 2.75) is 67.2 Å². The van der Waals surface area contributed by atoms with Crippen molar-refractivity contribution < 1.29 is 4.79 Å². The van der Waals surface area contributed by atoms with E-state index in [1.807, 2.05) is 6.92 Å².